The summed E-state index contributed by atoms with van der Waals surface area (Å²) in [5.41, 5.74) is 0. The topological polar surface area (TPSA) is 57.2 Å². The fraction of sp³-hybridized carbons (Fsp3) is 0.833. The lowest BCUT2D eigenvalue weighted by Gasteiger charge is -2.30. The predicted octanol–water partition coefficient (Wildman–Crippen LogP) is 3.21. The summed E-state index contributed by atoms with van der Waals surface area (Å²) in [4.78, 5) is 19.1. The Kier molecular flexibility index (Phi) is 4.99. The highest BCUT2D eigenvalue weighted by molar-refractivity contribution is 5.46. The molecule has 3 fully saturated rings. The lowest BCUT2D eigenvalue weighted by molar-refractivity contribution is 0.556. The Hall–Kier alpha value is -1.59. The Morgan fingerprint density at radius 1 is 0.625 bits per heavy atom. The van der Waals surface area contributed by atoms with Gasteiger partial charge in [0.25, 0.3) is 0 Å². The summed E-state index contributed by atoms with van der Waals surface area (Å²) in [5, 5.41) is 3.58. The lowest BCUT2D eigenvalue weighted by atomic mass is 10.1. The average molecular weight is 330 g/mol. The molecule has 4 rings (SSSR count). The van der Waals surface area contributed by atoms with Gasteiger partial charge >= 0.3 is 0 Å². The summed E-state index contributed by atoms with van der Waals surface area (Å²) < 4.78 is 0. The molecule has 1 saturated carbocycles. The van der Waals surface area contributed by atoms with Crippen LogP contribution in [0.4, 0.5) is 17.8 Å². The van der Waals surface area contributed by atoms with Gasteiger partial charge in [-0.3, -0.25) is 0 Å². The van der Waals surface area contributed by atoms with Crippen molar-refractivity contribution in [2.75, 3.05) is 41.3 Å². The third-order valence-corrected chi connectivity index (χ3v) is 5.58. The number of aromatic nitrogens is 3. The Morgan fingerprint density at radius 3 is 1.62 bits per heavy atom. The molecule has 3 heterocycles. The van der Waals surface area contributed by atoms with E-state index in [0.29, 0.717) is 6.04 Å². The SMILES string of the molecule is C1CCN(c2nc(NC3CCCC3)nc(N3CCCCC3)n2)CC1. The Bertz CT molecular complexity index is 494. The number of nitrogens with zero attached hydrogens (tertiary/aromatic N) is 5. The van der Waals surface area contributed by atoms with E-state index in [1.807, 2.05) is 0 Å². The molecular formula is C18H30N6. The molecule has 1 N–H and O–H groups in total. The first kappa shape index (κ1) is 15.9. The first-order chi connectivity index (χ1) is 11.9. The number of anilines is 3. The number of rotatable bonds is 4. The second-order valence-corrected chi connectivity index (χ2v) is 7.48. The molecule has 0 aromatic carbocycles. The third kappa shape index (κ3) is 3.73. The Labute approximate surface area is 145 Å². The zero-order valence-electron chi connectivity index (χ0n) is 14.7. The number of piperidine rings is 2. The highest BCUT2D eigenvalue weighted by Crippen LogP contribution is 2.25. The zero-order valence-corrected chi connectivity index (χ0v) is 14.7. The maximum absolute atomic E-state index is 4.84. The van der Waals surface area contributed by atoms with Gasteiger partial charge in [0.2, 0.25) is 17.8 Å². The van der Waals surface area contributed by atoms with Gasteiger partial charge < -0.3 is 15.1 Å². The molecule has 0 bridgehead atoms. The van der Waals surface area contributed by atoms with Crippen molar-refractivity contribution in [3.8, 4) is 0 Å². The zero-order chi connectivity index (χ0) is 16.2. The molecule has 0 radical (unpaired) electrons. The minimum absolute atomic E-state index is 0.538. The van der Waals surface area contributed by atoms with Crippen LogP contribution in [0.2, 0.25) is 0 Å². The maximum Gasteiger partial charge on any atom is 0.231 e. The monoisotopic (exact) mass is 330 g/mol. The summed E-state index contributed by atoms with van der Waals surface area (Å²) in [6, 6.07) is 0.538. The van der Waals surface area contributed by atoms with Crippen molar-refractivity contribution in [3.63, 3.8) is 0 Å². The number of nitrogens with one attached hydrogen (secondary N) is 1. The van der Waals surface area contributed by atoms with E-state index >= 15 is 0 Å². The van der Waals surface area contributed by atoms with Gasteiger partial charge in [-0.2, -0.15) is 15.0 Å². The van der Waals surface area contributed by atoms with Gasteiger partial charge in [0.15, 0.2) is 0 Å². The molecule has 24 heavy (non-hydrogen) atoms. The van der Waals surface area contributed by atoms with E-state index in [-0.39, 0.29) is 0 Å². The molecule has 132 valence electrons. The average Bonchev–Trinajstić information content (AvgIpc) is 3.16. The van der Waals surface area contributed by atoms with Gasteiger partial charge in [0.05, 0.1) is 0 Å². The van der Waals surface area contributed by atoms with Crippen molar-refractivity contribution in [2.45, 2.75) is 70.3 Å². The van der Waals surface area contributed by atoms with E-state index in [0.717, 1.165) is 44.0 Å². The standard InChI is InChI=1S/C18H30N6/c1-5-11-23(12-6-1)17-20-16(19-15-9-3-4-10-15)21-18(22-17)24-13-7-2-8-14-24/h15H,1-14H2,(H,19,20,21,22). The van der Waals surface area contributed by atoms with Crippen LogP contribution in [0, 0.1) is 0 Å². The molecular weight excluding hydrogens is 300 g/mol. The van der Waals surface area contributed by atoms with Crippen LogP contribution >= 0.6 is 0 Å². The third-order valence-electron chi connectivity index (χ3n) is 5.58. The normalized spacial score (nSPS) is 22.8. The van der Waals surface area contributed by atoms with Crippen molar-refractivity contribution in [3.05, 3.63) is 0 Å². The smallest absolute Gasteiger partial charge is 0.231 e. The second-order valence-electron chi connectivity index (χ2n) is 7.48. The van der Waals surface area contributed by atoms with E-state index < -0.39 is 0 Å². The lowest BCUT2D eigenvalue weighted by Crippen LogP contribution is -2.35. The second kappa shape index (κ2) is 7.53. The summed E-state index contributed by atoms with van der Waals surface area (Å²) in [5.74, 6) is 2.55. The van der Waals surface area contributed by atoms with Gasteiger partial charge in [-0.05, 0) is 51.4 Å². The van der Waals surface area contributed by atoms with Crippen LogP contribution in [0.15, 0.2) is 0 Å². The molecule has 3 aliphatic rings. The van der Waals surface area contributed by atoms with Gasteiger partial charge in [-0.25, -0.2) is 0 Å². The van der Waals surface area contributed by atoms with E-state index in [9.17, 15) is 0 Å². The molecule has 1 aromatic heterocycles. The van der Waals surface area contributed by atoms with E-state index in [4.69, 9.17) is 15.0 Å². The van der Waals surface area contributed by atoms with Crippen molar-refractivity contribution in [1.29, 1.82) is 0 Å². The molecule has 0 atom stereocenters. The van der Waals surface area contributed by atoms with Crippen molar-refractivity contribution >= 4 is 17.8 Å². The fourth-order valence-electron chi connectivity index (χ4n) is 4.14. The van der Waals surface area contributed by atoms with Crippen molar-refractivity contribution in [1.82, 2.24) is 15.0 Å². The minimum Gasteiger partial charge on any atom is -0.351 e. The first-order valence-corrected chi connectivity index (χ1v) is 9.91. The largest absolute Gasteiger partial charge is 0.351 e. The molecule has 0 spiro atoms. The van der Waals surface area contributed by atoms with Crippen LogP contribution in [0.25, 0.3) is 0 Å². The number of hydrogen-bond acceptors (Lipinski definition) is 6. The maximum atomic E-state index is 4.84. The minimum atomic E-state index is 0.538. The summed E-state index contributed by atoms with van der Waals surface area (Å²) in [6.45, 7) is 4.30. The van der Waals surface area contributed by atoms with Crippen LogP contribution in [-0.2, 0) is 0 Å². The summed E-state index contributed by atoms with van der Waals surface area (Å²) in [6.07, 6.45) is 12.8. The van der Waals surface area contributed by atoms with Gasteiger partial charge in [0, 0.05) is 32.2 Å². The van der Waals surface area contributed by atoms with Gasteiger partial charge in [-0.15, -0.1) is 0 Å². The van der Waals surface area contributed by atoms with E-state index in [1.54, 1.807) is 0 Å². The predicted molar refractivity (Wildman–Crippen MR) is 97.8 cm³/mol. The molecule has 2 aliphatic heterocycles. The van der Waals surface area contributed by atoms with Gasteiger partial charge in [-0.1, -0.05) is 12.8 Å². The van der Waals surface area contributed by atoms with Crippen molar-refractivity contribution < 1.29 is 0 Å². The van der Waals surface area contributed by atoms with E-state index in [1.165, 1.54) is 64.2 Å². The quantitative estimate of drug-likeness (QED) is 0.915. The molecule has 6 nitrogen and oxygen atoms in total. The molecule has 6 heteroatoms. The van der Waals surface area contributed by atoms with Crippen LogP contribution in [0.5, 0.6) is 0 Å². The highest BCUT2D eigenvalue weighted by atomic mass is 15.4. The molecule has 1 aromatic rings. The van der Waals surface area contributed by atoms with E-state index in [2.05, 4.69) is 15.1 Å². The molecule has 0 amide bonds. The summed E-state index contributed by atoms with van der Waals surface area (Å²) in [7, 11) is 0. The Balaban J connectivity index is 1.58. The van der Waals surface area contributed by atoms with Crippen LogP contribution in [-0.4, -0.2) is 47.2 Å². The molecule has 2 saturated heterocycles. The fourth-order valence-corrected chi connectivity index (χ4v) is 4.14. The number of hydrogen-bond donors (Lipinski definition) is 1. The van der Waals surface area contributed by atoms with Crippen LogP contribution in [0.3, 0.4) is 0 Å². The van der Waals surface area contributed by atoms with Crippen LogP contribution in [0.1, 0.15) is 64.2 Å². The summed E-state index contributed by atoms with van der Waals surface area (Å²) >= 11 is 0. The molecule has 0 unspecified atom stereocenters. The molecule has 1 aliphatic carbocycles. The van der Waals surface area contributed by atoms with Crippen LogP contribution < -0.4 is 15.1 Å². The first-order valence-electron chi connectivity index (χ1n) is 9.91. The van der Waals surface area contributed by atoms with Gasteiger partial charge in [0.1, 0.15) is 0 Å². The highest BCUT2D eigenvalue weighted by Gasteiger charge is 2.22. The Morgan fingerprint density at radius 2 is 1.12 bits per heavy atom. The van der Waals surface area contributed by atoms with Crippen molar-refractivity contribution in [2.24, 2.45) is 0 Å².